The van der Waals surface area contributed by atoms with Crippen molar-refractivity contribution in [3.05, 3.63) is 11.6 Å². The number of rotatable bonds is 10. The average Bonchev–Trinajstić information content (AvgIpc) is 3.70. The fourth-order valence-corrected chi connectivity index (χ4v) is 11.1. The maximum Gasteiger partial charge on any atom is 0.306 e. The Kier molecular flexibility index (Phi) is 14.2. The number of fused-ring (bicyclic) bond motifs is 5. The van der Waals surface area contributed by atoms with Crippen molar-refractivity contribution in [1.29, 1.82) is 0 Å². The Morgan fingerprint density at radius 2 is 1.62 bits per heavy atom. The summed E-state index contributed by atoms with van der Waals surface area (Å²) in [5.74, 6) is 0.733. The van der Waals surface area contributed by atoms with Gasteiger partial charge in [0.05, 0.1) is 30.8 Å². The van der Waals surface area contributed by atoms with Gasteiger partial charge in [-0.15, -0.1) is 0 Å². The van der Waals surface area contributed by atoms with Crippen molar-refractivity contribution in [2.75, 3.05) is 34.9 Å². The highest BCUT2D eigenvalue weighted by Crippen LogP contribution is 2.57. The number of methoxy groups -OCH3 is 2. The molecule has 0 aromatic rings. The summed E-state index contributed by atoms with van der Waals surface area (Å²) in [6.07, 6.45) is 8.81. The second kappa shape index (κ2) is 18.2. The van der Waals surface area contributed by atoms with Crippen molar-refractivity contribution in [3.63, 3.8) is 0 Å². The van der Waals surface area contributed by atoms with E-state index in [2.05, 4.69) is 38.9 Å². The quantitative estimate of drug-likeness (QED) is 0.233. The number of cyclic esters (lactones) is 1. The van der Waals surface area contributed by atoms with Gasteiger partial charge in [0.15, 0.2) is 18.4 Å². The molecule has 53 heavy (non-hydrogen) atoms. The van der Waals surface area contributed by atoms with E-state index in [-0.39, 0.29) is 92.3 Å². The molecular weight excluding hydrogens is 678 g/mol. The Labute approximate surface area is 319 Å². The first-order valence-corrected chi connectivity index (χ1v) is 20.9. The van der Waals surface area contributed by atoms with Crippen LogP contribution in [0.3, 0.4) is 0 Å². The number of esters is 1. The molecule has 17 atom stereocenters. The Bertz CT molecular complexity index is 1270. The zero-order valence-electron chi connectivity index (χ0n) is 33.9. The van der Waals surface area contributed by atoms with Crippen LogP contribution in [-0.4, -0.2) is 119 Å². The molecule has 3 aliphatic carbocycles. The average molecular weight is 750 g/mol. The first-order valence-electron chi connectivity index (χ1n) is 20.9. The Morgan fingerprint density at radius 1 is 0.849 bits per heavy atom. The minimum atomic E-state index is -0.568. The van der Waals surface area contributed by atoms with E-state index in [4.69, 9.17) is 37.9 Å². The summed E-state index contributed by atoms with van der Waals surface area (Å²) in [6, 6.07) is 0.345. The SMILES string of the molecule is CCO[C@@H]1[C@@H](OC)[C@H](C)O[C@@H](O[C@@H]2C[C@H]3CCC4[C@@H]5CC(=O)O[C@@H](CC)CCC[C@H](O[C@H]6CC[C@H](N(C)C)[C@@H](C)O6)[C@@H](C)C(=O)C5=C[C@H]4[C@@H]3C2)[C@@H]1OC.[HH]. The van der Waals surface area contributed by atoms with E-state index >= 15 is 0 Å². The lowest BCUT2D eigenvalue weighted by molar-refractivity contribution is -0.317. The van der Waals surface area contributed by atoms with Crippen LogP contribution >= 0.6 is 0 Å². The molecule has 0 aromatic carbocycles. The van der Waals surface area contributed by atoms with Gasteiger partial charge in [0.25, 0.3) is 0 Å². The van der Waals surface area contributed by atoms with Crippen molar-refractivity contribution >= 4 is 11.8 Å². The predicted octanol–water partition coefficient (Wildman–Crippen LogP) is 6.35. The fraction of sp³-hybridized carbons (Fsp3) is 0.905. The molecule has 3 heterocycles. The number of ether oxygens (including phenoxy) is 8. The van der Waals surface area contributed by atoms with Gasteiger partial charge in [0.1, 0.15) is 24.4 Å². The maximum absolute atomic E-state index is 14.7. The number of Topliss-reactive ketones (excluding diaryl/α,β-unsaturated/α-hetero) is 1. The van der Waals surface area contributed by atoms with Gasteiger partial charge in [-0.3, -0.25) is 9.59 Å². The van der Waals surface area contributed by atoms with Gasteiger partial charge >= 0.3 is 5.97 Å². The summed E-state index contributed by atoms with van der Waals surface area (Å²) >= 11 is 0. The lowest BCUT2D eigenvalue weighted by atomic mass is 9.66. The predicted molar refractivity (Wildman–Crippen MR) is 201 cm³/mol. The molecule has 3 saturated heterocycles. The molecule has 3 aliphatic heterocycles. The van der Waals surface area contributed by atoms with Gasteiger partial charge < -0.3 is 42.8 Å². The second-order valence-electron chi connectivity index (χ2n) is 17.1. The van der Waals surface area contributed by atoms with Crippen LogP contribution in [0.2, 0.25) is 0 Å². The molecule has 0 radical (unpaired) electrons. The van der Waals surface area contributed by atoms with Crippen molar-refractivity contribution in [3.8, 4) is 0 Å². The van der Waals surface area contributed by atoms with Crippen molar-refractivity contribution in [2.24, 2.45) is 35.5 Å². The standard InChI is InChI=1S/C42H69NO10.H2/c1-10-27-13-12-14-35(53-37-18-17-34(43(6)7)24(4)49-37)23(3)38(45)33-21-31-29(32(33)22-36(44)51-27)16-15-26-19-28(20-30(26)31)52-42-41(47-9)40(48-11-2)39(46-8)25(5)50-42;/h21,23-32,34-35,37,39-42H,10-20,22H2,1-9H3;1H/t23-,24-,25+,26-,27+,28-,29?,30-,31-,32+,34+,35+,37+,39+,40-,41-,42+;/m1./s1. The van der Waals surface area contributed by atoms with Gasteiger partial charge in [-0.25, -0.2) is 0 Å². The lowest BCUT2D eigenvalue weighted by Gasteiger charge is -2.44. The van der Waals surface area contributed by atoms with Crippen molar-refractivity contribution < 1.29 is 48.9 Å². The summed E-state index contributed by atoms with van der Waals surface area (Å²) in [5, 5.41) is 0. The highest BCUT2D eigenvalue weighted by Gasteiger charge is 2.54. The molecule has 6 aliphatic rings. The number of likely N-dealkylation sites (N-methyl/N-ethyl adjacent to an activating group) is 1. The molecule has 11 heteroatoms. The molecule has 0 bridgehead atoms. The molecule has 0 spiro atoms. The highest BCUT2D eigenvalue weighted by atomic mass is 16.7. The minimum Gasteiger partial charge on any atom is -0.462 e. The number of carbonyl (C=O) groups is 2. The van der Waals surface area contributed by atoms with Crippen LogP contribution in [0.5, 0.6) is 0 Å². The van der Waals surface area contributed by atoms with E-state index in [1.807, 2.05) is 20.8 Å². The van der Waals surface area contributed by atoms with Crippen LogP contribution in [-0.2, 0) is 47.5 Å². The third-order valence-corrected chi connectivity index (χ3v) is 13.8. The molecule has 304 valence electrons. The molecular formula is C42H71NO10. The summed E-state index contributed by atoms with van der Waals surface area (Å²) in [5.41, 5.74) is 0.816. The van der Waals surface area contributed by atoms with Crippen molar-refractivity contribution in [2.45, 2.75) is 173 Å². The van der Waals surface area contributed by atoms with E-state index in [1.165, 1.54) is 0 Å². The van der Waals surface area contributed by atoms with Gasteiger partial charge in [-0.05, 0) is 128 Å². The number of nitrogens with zero attached hydrogens (tertiary/aromatic N) is 1. The topological polar surface area (TPSA) is 111 Å². The highest BCUT2D eigenvalue weighted by molar-refractivity contribution is 5.99. The molecule has 2 saturated carbocycles. The molecule has 1 unspecified atom stereocenters. The van der Waals surface area contributed by atoms with Crippen LogP contribution in [0.1, 0.15) is 107 Å². The lowest BCUT2D eigenvalue weighted by Crippen LogP contribution is -2.60. The van der Waals surface area contributed by atoms with E-state index in [9.17, 15) is 9.59 Å². The molecule has 11 nitrogen and oxygen atoms in total. The van der Waals surface area contributed by atoms with Gasteiger partial charge in [0.2, 0.25) is 0 Å². The minimum absolute atomic E-state index is 0. The normalized spacial score (nSPS) is 45.4. The number of allylic oxidation sites excluding steroid dienone is 2. The van der Waals surface area contributed by atoms with Gasteiger partial charge in [-0.2, -0.15) is 0 Å². The molecule has 6 rings (SSSR count). The number of hydrogen-bond donors (Lipinski definition) is 0. The summed E-state index contributed by atoms with van der Waals surface area (Å²) in [4.78, 5) is 30.5. The van der Waals surface area contributed by atoms with Gasteiger partial charge in [-0.1, -0.05) is 19.9 Å². The smallest absolute Gasteiger partial charge is 0.306 e. The van der Waals surface area contributed by atoms with Crippen LogP contribution in [0.25, 0.3) is 0 Å². The fourth-order valence-electron chi connectivity index (χ4n) is 11.1. The van der Waals surface area contributed by atoms with Crippen LogP contribution in [0.15, 0.2) is 11.6 Å². The van der Waals surface area contributed by atoms with Crippen LogP contribution in [0, 0.1) is 35.5 Å². The second-order valence-corrected chi connectivity index (χ2v) is 17.1. The maximum atomic E-state index is 14.7. The molecule has 0 aromatic heterocycles. The Balaban J connectivity index is 0.00000561. The Morgan fingerprint density at radius 3 is 2.30 bits per heavy atom. The third-order valence-electron chi connectivity index (χ3n) is 13.8. The first-order chi connectivity index (χ1) is 25.5. The third kappa shape index (κ3) is 8.93. The molecule has 0 amide bonds. The summed E-state index contributed by atoms with van der Waals surface area (Å²) < 4.78 is 50.2. The zero-order valence-corrected chi connectivity index (χ0v) is 33.9. The molecule has 5 fully saturated rings. The van der Waals surface area contributed by atoms with E-state index in [0.29, 0.717) is 24.5 Å². The van der Waals surface area contributed by atoms with Gasteiger partial charge in [0, 0.05) is 40.1 Å². The summed E-state index contributed by atoms with van der Waals surface area (Å²) in [6.45, 7) is 10.7. The van der Waals surface area contributed by atoms with E-state index in [1.54, 1.807) is 14.2 Å². The van der Waals surface area contributed by atoms with Crippen molar-refractivity contribution in [1.82, 2.24) is 4.90 Å². The Hall–Kier alpha value is -1.44. The zero-order chi connectivity index (χ0) is 38.0. The summed E-state index contributed by atoms with van der Waals surface area (Å²) in [7, 11) is 7.55. The first kappa shape index (κ1) is 41.2. The largest absolute Gasteiger partial charge is 0.462 e. The monoisotopic (exact) mass is 750 g/mol. The van der Waals surface area contributed by atoms with Crippen LogP contribution in [0.4, 0.5) is 0 Å². The van der Waals surface area contributed by atoms with E-state index in [0.717, 1.165) is 69.8 Å². The van der Waals surface area contributed by atoms with E-state index < -0.39 is 12.4 Å². The number of ketones is 1. The molecule has 0 N–H and O–H groups in total. The number of carbonyl (C=O) groups excluding carboxylic acids is 2. The van der Waals surface area contributed by atoms with Crippen LogP contribution < -0.4 is 0 Å². The number of hydrogen-bond acceptors (Lipinski definition) is 11.